The Balaban J connectivity index is 2.28. The van der Waals surface area contributed by atoms with E-state index in [1.165, 1.54) is 0 Å². The van der Waals surface area contributed by atoms with Crippen molar-refractivity contribution < 1.29 is 9.52 Å². The lowest BCUT2D eigenvalue weighted by Crippen LogP contribution is -1.81. The second-order valence-electron chi connectivity index (χ2n) is 4.66. The minimum atomic E-state index is -0.0734. The molecule has 0 atom stereocenters. The van der Waals surface area contributed by atoms with E-state index in [-0.39, 0.29) is 15.8 Å². The van der Waals surface area contributed by atoms with Gasteiger partial charge in [0, 0.05) is 11.1 Å². The maximum absolute atomic E-state index is 9.90. The molecular formula is C15H11Cl2NO2. The molecule has 0 bridgehead atoms. The van der Waals surface area contributed by atoms with Gasteiger partial charge in [-0.15, -0.1) is 0 Å². The predicted octanol–water partition coefficient (Wildman–Crippen LogP) is 5.12. The Kier molecular flexibility index (Phi) is 3.11. The first-order chi connectivity index (χ1) is 9.49. The van der Waals surface area contributed by atoms with Gasteiger partial charge in [0.1, 0.15) is 16.3 Å². The average Bonchev–Trinajstić information content (AvgIpc) is 2.89. The van der Waals surface area contributed by atoms with Crippen LogP contribution in [0.4, 0.5) is 0 Å². The molecule has 0 aliphatic carbocycles. The van der Waals surface area contributed by atoms with Crippen molar-refractivity contribution in [1.82, 2.24) is 4.98 Å². The normalized spacial score (nSPS) is 11.2. The lowest BCUT2D eigenvalue weighted by atomic mass is 10.1. The Labute approximate surface area is 125 Å². The number of nitrogens with zero attached hydrogens (tertiary/aromatic N) is 1. The van der Waals surface area contributed by atoms with Crippen LogP contribution in [0.15, 0.2) is 28.7 Å². The number of benzene rings is 2. The molecule has 0 fully saturated rings. The summed E-state index contributed by atoms with van der Waals surface area (Å²) in [5.41, 5.74) is 3.44. The van der Waals surface area contributed by atoms with Crippen LogP contribution in [-0.2, 0) is 0 Å². The number of rotatable bonds is 1. The molecular weight excluding hydrogens is 297 g/mol. The summed E-state index contributed by atoms with van der Waals surface area (Å²) in [4.78, 5) is 4.38. The van der Waals surface area contributed by atoms with Crippen LogP contribution in [-0.4, -0.2) is 10.1 Å². The highest BCUT2D eigenvalue weighted by atomic mass is 35.5. The average molecular weight is 308 g/mol. The first-order valence-electron chi connectivity index (χ1n) is 6.03. The van der Waals surface area contributed by atoms with E-state index < -0.39 is 0 Å². The molecule has 3 rings (SSSR count). The van der Waals surface area contributed by atoms with Crippen LogP contribution < -0.4 is 0 Å². The molecule has 1 aromatic heterocycles. The zero-order chi connectivity index (χ0) is 14.4. The molecule has 1 N–H and O–H groups in total. The minimum absolute atomic E-state index is 0.0734. The molecule has 0 aliphatic heterocycles. The molecule has 0 saturated heterocycles. The van der Waals surface area contributed by atoms with Crippen LogP contribution in [0.25, 0.3) is 22.6 Å². The van der Waals surface area contributed by atoms with Gasteiger partial charge in [-0.05, 0) is 26.0 Å². The van der Waals surface area contributed by atoms with Gasteiger partial charge in [-0.25, -0.2) is 4.98 Å². The molecule has 3 nitrogen and oxygen atoms in total. The van der Waals surface area contributed by atoms with Gasteiger partial charge < -0.3 is 9.52 Å². The van der Waals surface area contributed by atoms with E-state index in [2.05, 4.69) is 4.98 Å². The summed E-state index contributed by atoms with van der Waals surface area (Å²) in [5, 5.41) is 10.2. The molecule has 0 saturated carbocycles. The molecule has 1 heterocycles. The second-order valence-corrected chi connectivity index (χ2v) is 5.42. The van der Waals surface area contributed by atoms with Crippen LogP contribution in [0.2, 0.25) is 10.0 Å². The maximum Gasteiger partial charge on any atom is 0.227 e. The van der Waals surface area contributed by atoms with E-state index >= 15 is 0 Å². The van der Waals surface area contributed by atoms with Crippen molar-refractivity contribution in [3.05, 3.63) is 45.4 Å². The van der Waals surface area contributed by atoms with Gasteiger partial charge in [-0.2, -0.15) is 0 Å². The van der Waals surface area contributed by atoms with Crippen molar-refractivity contribution in [3.63, 3.8) is 0 Å². The molecule has 102 valence electrons. The van der Waals surface area contributed by atoms with E-state index in [0.717, 1.165) is 11.1 Å². The number of fused-ring (bicyclic) bond motifs is 1. The lowest BCUT2D eigenvalue weighted by Gasteiger charge is -2.03. The predicted molar refractivity (Wildman–Crippen MR) is 80.6 cm³/mol. The summed E-state index contributed by atoms with van der Waals surface area (Å²) in [6, 6.07) is 7.79. The van der Waals surface area contributed by atoms with Gasteiger partial charge in [0.2, 0.25) is 5.89 Å². The van der Waals surface area contributed by atoms with Crippen molar-refractivity contribution >= 4 is 34.3 Å². The summed E-state index contributed by atoms with van der Waals surface area (Å²) >= 11 is 12.1. The van der Waals surface area contributed by atoms with Crippen LogP contribution in [0, 0.1) is 13.8 Å². The number of halogens is 2. The molecule has 5 heteroatoms. The van der Waals surface area contributed by atoms with Crippen molar-refractivity contribution in [3.8, 4) is 17.2 Å². The monoisotopic (exact) mass is 307 g/mol. The number of aryl methyl sites for hydroxylation is 2. The van der Waals surface area contributed by atoms with Gasteiger partial charge in [-0.1, -0.05) is 40.9 Å². The SMILES string of the molecule is Cc1ccc(-c2nc3c(Cl)c(Cl)c(O)c(C)c3o2)cc1. The van der Waals surface area contributed by atoms with Crippen LogP contribution in [0.1, 0.15) is 11.1 Å². The smallest absolute Gasteiger partial charge is 0.227 e. The molecule has 0 radical (unpaired) electrons. The highest BCUT2D eigenvalue weighted by Gasteiger charge is 2.20. The molecule has 0 amide bonds. The molecule has 0 unspecified atom stereocenters. The Morgan fingerprint density at radius 1 is 1.05 bits per heavy atom. The van der Waals surface area contributed by atoms with Crippen LogP contribution in [0.3, 0.4) is 0 Å². The van der Waals surface area contributed by atoms with E-state index in [9.17, 15) is 5.11 Å². The summed E-state index contributed by atoms with van der Waals surface area (Å²) < 4.78 is 5.73. The fourth-order valence-electron chi connectivity index (χ4n) is 2.02. The number of aromatic hydroxyl groups is 1. The number of phenolic OH excluding ortho intramolecular Hbond substituents is 1. The first-order valence-corrected chi connectivity index (χ1v) is 6.78. The topological polar surface area (TPSA) is 46.3 Å². The Bertz CT molecular complexity index is 762. The van der Waals surface area contributed by atoms with Crippen molar-refractivity contribution in [2.24, 2.45) is 0 Å². The number of phenols is 1. The first kappa shape index (κ1) is 13.3. The van der Waals surface area contributed by atoms with Crippen LogP contribution in [0.5, 0.6) is 5.75 Å². The number of aromatic nitrogens is 1. The minimum Gasteiger partial charge on any atom is -0.506 e. The Hall–Kier alpha value is -1.71. The van der Waals surface area contributed by atoms with Gasteiger partial charge >= 0.3 is 0 Å². The zero-order valence-corrected chi connectivity index (χ0v) is 12.4. The highest BCUT2D eigenvalue weighted by Crippen LogP contribution is 2.42. The second kappa shape index (κ2) is 4.69. The number of hydrogen-bond acceptors (Lipinski definition) is 3. The fourth-order valence-corrected chi connectivity index (χ4v) is 2.47. The van der Waals surface area contributed by atoms with Crippen molar-refractivity contribution in [2.45, 2.75) is 13.8 Å². The standard InChI is InChI=1S/C15H11Cl2NO2/c1-7-3-5-9(6-4-7)15-18-12-10(16)11(17)13(19)8(2)14(12)20-15/h3-6,19H,1-2H3. The Morgan fingerprint density at radius 3 is 2.35 bits per heavy atom. The van der Waals surface area contributed by atoms with Gasteiger partial charge in [0.05, 0.1) is 5.02 Å². The van der Waals surface area contributed by atoms with Crippen LogP contribution >= 0.6 is 23.2 Å². The zero-order valence-electron chi connectivity index (χ0n) is 10.9. The maximum atomic E-state index is 9.90. The molecule has 3 aromatic rings. The fraction of sp³-hybridized carbons (Fsp3) is 0.133. The van der Waals surface area contributed by atoms with Gasteiger partial charge in [0.15, 0.2) is 5.58 Å². The Morgan fingerprint density at radius 2 is 1.70 bits per heavy atom. The van der Waals surface area contributed by atoms with Gasteiger partial charge in [-0.3, -0.25) is 0 Å². The summed E-state index contributed by atoms with van der Waals surface area (Å²) in [7, 11) is 0. The summed E-state index contributed by atoms with van der Waals surface area (Å²) in [6.07, 6.45) is 0. The molecule has 2 aromatic carbocycles. The third kappa shape index (κ3) is 1.94. The highest BCUT2D eigenvalue weighted by molar-refractivity contribution is 6.46. The van der Waals surface area contributed by atoms with Crippen molar-refractivity contribution in [2.75, 3.05) is 0 Å². The summed E-state index contributed by atoms with van der Waals surface area (Å²) in [5.74, 6) is 0.377. The third-order valence-corrected chi connectivity index (χ3v) is 4.06. The van der Waals surface area contributed by atoms with E-state index in [1.807, 2.05) is 31.2 Å². The van der Waals surface area contributed by atoms with E-state index in [0.29, 0.717) is 22.6 Å². The van der Waals surface area contributed by atoms with Crippen molar-refractivity contribution in [1.29, 1.82) is 0 Å². The quantitative estimate of drug-likeness (QED) is 0.678. The number of oxazole rings is 1. The van der Waals surface area contributed by atoms with E-state index in [4.69, 9.17) is 27.6 Å². The molecule has 0 aliphatic rings. The molecule has 20 heavy (non-hydrogen) atoms. The lowest BCUT2D eigenvalue weighted by molar-refractivity contribution is 0.470. The number of hydrogen-bond donors (Lipinski definition) is 1. The van der Waals surface area contributed by atoms with Gasteiger partial charge in [0.25, 0.3) is 0 Å². The third-order valence-electron chi connectivity index (χ3n) is 3.23. The molecule has 0 spiro atoms. The van der Waals surface area contributed by atoms with E-state index in [1.54, 1.807) is 6.92 Å². The largest absolute Gasteiger partial charge is 0.506 e. The summed E-state index contributed by atoms with van der Waals surface area (Å²) in [6.45, 7) is 3.72.